The summed E-state index contributed by atoms with van der Waals surface area (Å²) in [5.41, 5.74) is 0. The van der Waals surface area contributed by atoms with Crippen molar-refractivity contribution >= 4 is 0 Å². The van der Waals surface area contributed by atoms with E-state index in [9.17, 15) is 0 Å². The van der Waals surface area contributed by atoms with E-state index < -0.39 is 0 Å². The molecule has 0 aliphatic heterocycles. The summed E-state index contributed by atoms with van der Waals surface area (Å²) in [6.07, 6.45) is 0. The second-order valence-electron chi connectivity index (χ2n) is 0. The first-order valence-corrected chi connectivity index (χ1v) is 1.36. The van der Waals surface area contributed by atoms with Crippen molar-refractivity contribution in [2.75, 3.05) is 0 Å². The van der Waals surface area contributed by atoms with Crippen LogP contribution in [0.25, 0.3) is 0 Å². The summed E-state index contributed by atoms with van der Waals surface area (Å²) in [6.45, 7) is 0. The van der Waals surface area contributed by atoms with Crippen LogP contribution >= 0.6 is 0 Å². The van der Waals surface area contributed by atoms with Gasteiger partial charge >= 0.3 is 23.2 Å². The zero-order valence-corrected chi connectivity index (χ0v) is 6.75. The summed E-state index contributed by atoms with van der Waals surface area (Å²) in [5, 5.41) is 0. The van der Waals surface area contributed by atoms with Gasteiger partial charge in [-0.3, -0.25) is 0 Å². The normalized spacial score (nSPS) is 0.800. The van der Waals surface area contributed by atoms with Crippen LogP contribution in [0, 0.1) is 22.3 Å². The van der Waals surface area contributed by atoms with Crippen molar-refractivity contribution < 1.29 is 23.2 Å². The van der Waals surface area contributed by atoms with Gasteiger partial charge in [0.05, 0.1) is 0 Å². The van der Waals surface area contributed by atoms with Gasteiger partial charge in [-0.1, -0.05) is 0 Å². The van der Waals surface area contributed by atoms with E-state index in [0.717, 1.165) is 0 Å². The minimum absolute atomic E-state index is 0. The van der Waals surface area contributed by atoms with Crippen LogP contribution in [0.2, 0.25) is 0 Å². The van der Waals surface area contributed by atoms with E-state index >= 15 is 0 Å². The number of rotatable bonds is 0. The molecule has 0 N–H and O–H groups in total. The molecule has 0 radical (unpaired) electrons. The zero-order chi connectivity index (χ0) is 2.00. The maximum atomic E-state index is 8.33. The van der Waals surface area contributed by atoms with Crippen molar-refractivity contribution in [1.29, 1.82) is 0 Å². The van der Waals surface area contributed by atoms with Crippen molar-refractivity contribution in [3.05, 3.63) is 22.3 Å². The van der Waals surface area contributed by atoms with Crippen LogP contribution in [0.1, 0.15) is 0 Å². The Morgan fingerprint density at radius 1 is 0.800 bits per heavy atom. The number of hydrogen-bond donors (Lipinski definition) is 0. The van der Waals surface area contributed by atoms with E-state index in [1.54, 1.807) is 0 Å². The van der Waals surface area contributed by atoms with Crippen molar-refractivity contribution in [2.45, 2.75) is 0 Å². The Morgan fingerprint density at radius 3 is 0.800 bits per heavy atom. The van der Waals surface area contributed by atoms with Crippen molar-refractivity contribution in [1.82, 2.24) is 0 Å². The van der Waals surface area contributed by atoms with Gasteiger partial charge in [0.25, 0.3) is 0 Å². The quantitative estimate of drug-likeness (QED) is 0.586. The Balaban J connectivity index is -0.00000000167. The Morgan fingerprint density at radius 2 is 0.800 bits per heavy atom. The molecule has 0 saturated carbocycles. The van der Waals surface area contributed by atoms with E-state index in [1.807, 2.05) is 0 Å². The molecular weight excluding hydrogens is 236 g/mol. The molecule has 0 aromatic heterocycles. The second kappa shape index (κ2) is 229. The molecule has 0 rings (SSSR count). The Bertz CT molecular complexity index is 6.85. The predicted molar refractivity (Wildman–Crippen MR) is 19.9 cm³/mol. The molecule has 0 aromatic carbocycles. The average Bonchev–Trinajstić information content (AvgIpc) is 1.00. The van der Waals surface area contributed by atoms with E-state index in [4.69, 9.17) is 3.40 Å². The van der Waals surface area contributed by atoms with Gasteiger partial charge < -0.3 is 22.3 Å². The van der Waals surface area contributed by atoms with Crippen LogP contribution in [0.15, 0.2) is 0 Å². The number of hydrogen-bond acceptors (Lipinski definition) is 1. The molecular formula is C3H9OW-3. The molecule has 0 atom stereocenters. The Hall–Kier alpha value is 0.488. The third-order valence-electron chi connectivity index (χ3n) is 0. The molecule has 0 saturated heterocycles. The van der Waals surface area contributed by atoms with Crippen molar-refractivity contribution in [3.8, 4) is 0 Å². The van der Waals surface area contributed by atoms with Crippen LogP contribution < -0.4 is 0 Å². The predicted octanol–water partition coefficient (Wildman–Crippen LogP) is 1.23. The summed E-state index contributed by atoms with van der Waals surface area (Å²) >= 11 is 0.333. The zero-order valence-electron chi connectivity index (χ0n) is 3.82. The van der Waals surface area contributed by atoms with Gasteiger partial charge in [0.1, 0.15) is 0 Å². The van der Waals surface area contributed by atoms with Crippen molar-refractivity contribution in [3.63, 3.8) is 0 Å². The minimum atomic E-state index is 0. The van der Waals surface area contributed by atoms with E-state index in [0.29, 0.717) is 19.8 Å². The van der Waals surface area contributed by atoms with Gasteiger partial charge in [0.2, 0.25) is 0 Å². The van der Waals surface area contributed by atoms with Crippen LogP contribution in [-0.4, -0.2) is 0 Å². The van der Waals surface area contributed by atoms with Gasteiger partial charge in [-0.05, 0) is 0 Å². The third-order valence-corrected chi connectivity index (χ3v) is 0. The second-order valence-corrected chi connectivity index (χ2v) is 0. The van der Waals surface area contributed by atoms with Gasteiger partial charge in [-0.15, -0.1) is 0 Å². The molecule has 0 fully saturated rings. The molecule has 0 bridgehead atoms. The molecule has 0 heterocycles. The fraction of sp³-hybridized carbons (Fsp3) is 0. The third kappa shape index (κ3) is 117. The fourth-order valence-electron chi connectivity index (χ4n) is 0. The summed E-state index contributed by atoms with van der Waals surface area (Å²) in [6, 6.07) is 0. The SMILES string of the molecule is [CH3-].[CH3-].[CH3-].[O]=[W]. The fourth-order valence-corrected chi connectivity index (χ4v) is 0. The molecule has 0 aliphatic rings. The Kier molecular flexibility index (Phi) is 2290. The summed E-state index contributed by atoms with van der Waals surface area (Å²) < 4.78 is 8.33. The van der Waals surface area contributed by atoms with E-state index in [2.05, 4.69) is 0 Å². The standard InChI is InChI=1S/3CH3.O.W/h3*1H3;;/q3*-1;;. The van der Waals surface area contributed by atoms with Crippen molar-refractivity contribution in [2.24, 2.45) is 0 Å². The molecule has 0 aliphatic carbocycles. The topological polar surface area (TPSA) is 17.1 Å². The molecule has 0 aromatic rings. The molecule has 5 heavy (non-hydrogen) atoms. The molecule has 0 spiro atoms. The van der Waals surface area contributed by atoms with Gasteiger partial charge in [0, 0.05) is 0 Å². The molecule has 0 amide bonds. The van der Waals surface area contributed by atoms with E-state index in [-0.39, 0.29) is 22.3 Å². The van der Waals surface area contributed by atoms with Gasteiger partial charge in [-0.25, -0.2) is 0 Å². The summed E-state index contributed by atoms with van der Waals surface area (Å²) in [4.78, 5) is 0. The Labute approximate surface area is 46.0 Å². The molecule has 1 nitrogen and oxygen atoms in total. The van der Waals surface area contributed by atoms with Crippen LogP contribution in [0.5, 0.6) is 0 Å². The monoisotopic (exact) mass is 245 g/mol. The molecule has 36 valence electrons. The molecule has 0 unspecified atom stereocenters. The first kappa shape index (κ1) is 49.9. The average molecular weight is 245 g/mol. The maximum absolute atomic E-state index is 8.33. The summed E-state index contributed by atoms with van der Waals surface area (Å²) in [7, 11) is 0. The first-order chi connectivity index (χ1) is 1.00. The van der Waals surface area contributed by atoms with Crippen LogP contribution in [0.3, 0.4) is 0 Å². The molecule has 2 heteroatoms. The van der Waals surface area contributed by atoms with E-state index in [1.165, 1.54) is 0 Å². The first-order valence-electron chi connectivity index (χ1n) is 0.167. The van der Waals surface area contributed by atoms with Gasteiger partial charge in [0.15, 0.2) is 0 Å². The summed E-state index contributed by atoms with van der Waals surface area (Å²) in [5.74, 6) is 0. The van der Waals surface area contributed by atoms with Crippen LogP contribution in [0.4, 0.5) is 0 Å². The van der Waals surface area contributed by atoms with Gasteiger partial charge in [-0.2, -0.15) is 0 Å². The van der Waals surface area contributed by atoms with Crippen LogP contribution in [-0.2, 0) is 23.2 Å².